The molecule has 1 fully saturated rings. The van der Waals surface area contributed by atoms with Crippen LogP contribution in [0.5, 0.6) is 0 Å². The van der Waals surface area contributed by atoms with Crippen LogP contribution in [-0.2, 0) is 14.3 Å². The standard InChI is InChI=1S/C22H40O4/c1-5-6-7-8-9-10-18(12-14-21(23)24)26-22(25)20-15-17(4)11-13-19(20)16(2)3/h16-20H,5-15H2,1-4H3,(H,23,24). The summed E-state index contributed by atoms with van der Waals surface area (Å²) in [6.45, 7) is 8.79. The van der Waals surface area contributed by atoms with Gasteiger partial charge in [-0.2, -0.15) is 0 Å². The molecule has 0 bridgehead atoms. The minimum absolute atomic E-state index is 0.0221. The van der Waals surface area contributed by atoms with Crippen molar-refractivity contribution in [3.63, 3.8) is 0 Å². The van der Waals surface area contributed by atoms with Crippen LogP contribution >= 0.6 is 0 Å². The molecule has 0 spiro atoms. The normalized spacial score (nSPS) is 24.4. The van der Waals surface area contributed by atoms with E-state index >= 15 is 0 Å². The van der Waals surface area contributed by atoms with Gasteiger partial charge in [-0.05, 0) is 49.9 Å². The van der Waals surface area contributed by atoms with Gasteiger partial charge >= 0.3 is 11.9 Å². The Morgan fingerprint density at radius 2 is 1.77 bits per heavy atom. The molecule has 0 radical (unpaired) electrons. The fraction of sp³-hybridized carbons (Fsp3) is 0.909. The lowest BCUT2D eigenvalue weighted by Crippen LogP contribution is -2.36. The summed E-state index contributed by atoms with van der Waals surface area (Å²) in [5, 5.41) is 9.00. The molecule has 0 heterocycles. The molecule has 4 heteroatoms. The first-order chi connectivity index (χ1) is 12.3. The first-order valence-electron chi connectivity index (χ1n) is 10.8. The fourth-order valence-corrected chi connectivity index (χ4v) is 4.25. The van der Waals surface area contributed by atoms with Gasteiger partial charge in [0.25, 0.3) is 0 Å². The number of carboxylic acid groups (broad SMARTS) is 1. The summed E-state index contributed by atoms with van der Waals surface area (Å²) in [5.41, 5.74) is 0. The highest BCUT2D eigenvalue weighted by molar-refractivity contribution is 5.73. The van der Waals surface area contributed by atoms with Crippen LogP contribution in [-0.4, -0.2) is 23.1 Å². The molecule has 26 heavy (non-hydrogen) atoms. The van der Waals surface area contributed by atoms with Gasteiger partial charge in [-0.3, -0.25) is 9.59 Å². The van der Waals surface area contributed by atoms with Crippen LogP contribution in [0.15, 0.2) is 0 Å². The van der Waals surface area contributed by atoms with Gasteiger partial charge in [-0.25, -0.2) is 0 Å². The summed E-state index contributed by atoms with van der Waals surface area (Å²) in [6, 6.07) is 0. The number of carboxylic acids is 1. The molecule has 1 aliphatic carbocycles. The van der Waals surface area contributed by atoms with Crippen molar-refractivity contribution in [2.24, 2.45) is 23.7 Å². The van der Waals surface area contributed by atoms with Crippen molar-refractivity contribution in [3.8, 4) is 0 Å². The number of aliphatic carboxylic acids is 1. The third kappa shape index (κ3) is 8.55. The molecule has 4 unspecified atom stereocenters. The molecule has 0 aromatic heterocycles. The molecule has 0 amide bonds. The lowest BCUT2D eigenvalue weighted by atomic mass is 9.70. The zero-order valence-corrected chi connectivity index (χ0v) is 17.3. The largest absolute Gasteiger partial charge is 0.481 e. The zero-order valence-electron chi connectivity index (χ0n) is 17.3. The summed E-state index contributed by atoms with van der Waals surface area (Å²) in [5.74, 6) is 0.512. The average Bonchev–Trinajstić information content (AvgIpc) is 2.58. The number of ether oxygens (including phenoxy) is 1. The summed E-state index contributed by atoms with van der Waals surface area (Å²) < 4.78 is 5.87. The molecule has 1 N–H and O–H groups in total. The maximum atomic E-state index is 12.9. The molecular weight excluding hydrogens is 328 g/mol. The van der Waals surface area contributed by atoms with Crippen LogP contribution in [0.3, 0.4) is 0 Å². The van der Waals surface area contributed by atoms with Crippen molar-refractivity contribution < 1.29 is 19.4 Å². The Morgan fingerprint density at radius 1 is 1.08 bits per heavy atom. The minimum atomic E-state index is -0.816. The Morgan fingerprint density at radius 3 is 2.38 bits per heavy atom. The Labute approximate surface area is 160 Å². The quantitative estimate of drug-likeness (QED) is 0.347. The maximum absolute atomic E-state index is 12.9. The van der Waals surface area contributed by atoms with E-state index in [1.54, 1.807) is 0 Å². The predicted molar refractivity (Wildman–Crippen MR) is 105 cm³/mol. The van der Waals surface area contributed by atoms with Crippen LogP contribution in [0.2, 0.25) is 0 Å². The van der Waals surface area contributed by atoms with Gasteiger partial charge in [0, 0.05) is 6.42 Å². The highest BCUT2D eigenvalue weighted by Gasteiger charge is 2.37. The molecule has 1 aliphatic rings. The molecule has 0 aliphatic heterocycles. The number of hydrogen-bond acceptors (Lipinski definition) is 3. The van der Waals surface area contributed by atoms with E-state index in [1.165, 1.54) is 25.7 Å². The summed E-state index contributed by atoms with van der Waals surface area (Å²) in [4.78, 5) is 23.8. The van der Waals surface area contributed by atoms with Crippen LogP contribution < -0.4 is 0 Å². The number of hydrogen-bond donors (Lipinski definition) is 1. The first-order valence-corrected chi connectivity index (χ1v) is 10.8. The second kappa shape index (κ2) is 12.3. The van der Waals surface area contributed by atoms with Gasteiger partial charge in [-0.15, -0.1) is 0 Å². The van der Waals surface area contributed by atoms with Gasteiger partial charge in [0.05, 0.1) is 5.92 Å². The van der Waals surface area contributed by atoms with E-state index in [4.69, 9.17) is 9.84 Å². The second-order valence-electron chi connectivity index (χ2n) is 8.63. The maximum Gasteiger partial charge on any atom is 0.309 e. The van der Waals surface area contributed by atoms with Crippen molar-refractivity contribution in [1.82, 2.24) is 0 Å². The smallest absolute Gasteiger partial charge is 0.309 e. The lowest BCUT2D eigenvalue weighted by Gasteiger charge is -2.36. The fourth-order valence-electron chi connectivity index (χ4n) is 4.25. The van der Waals surface area contributed by atoms with E-state index in [0.29, 0.717) is 24.2 Å². The van der Waals surface area contributed by atoms with Gasteiger partial charge < -0.3 is 9.84 Å². The Bertz CT molecular complexity index is 418. The topological polar surface area (TPSA) is 63.6 Å². The monoisotopic (exact) mass is 368 g/mol. The highest BCUT2D eigenvalue weighted by atomic mass is 16.5. The van der Waals surface area contributed by atoms with E-state index in [-0.39, 0.29) is 24.4 Å². The predicted octanol–water partition coefficient (Wildman–Crippen LogP) is 5.83. The van der Waals surface area contributed by atoms with Crippen LogP contribution in [0.4, 0.5) is 0 Å². The van der Waals surface area contributed by atoms with Gasteiger partial charge in [0.1, 0.15) is 6.10 Å². The van der Waals surface area contributed by atoms with Crippen LogP contribution in [0, 0.1) is 23.7 Å². The van der Waals surface area contributed by atoms with E-state index in [2.05, 4.69) is 27.7 Å². The number of unbranched alkanes of at least 4 members (excludes halogenated alkanes) is 4. The first kappa shape index (κ1) is 23.0. The second-order valence-corrected chi connectivity index (χ2v) is 8.63. The Kier molecular flexibility index (Phi) is 10.9. The van der Waals surface area contributed by atoms with Crippen LogP contribution in [0.1, 0.15) is 98.3 Å². The van der Waals surface area contributed by atoms with Gasteiger partial charge in [0.15, 0.2) is 0 Å². The van der Waals surface area contributed by atoms with Crippen molar-refractivity contribution in [2.75, 3.05) is 0 Å². The molecule has 4 nitrogen and oxygen atoms in total. The van der Waals surface area contributed by atoms with E-state index in [9.17, 15) is 9.59 Å². The van der Waals surface area contributed by atoms with Crippen molar-refractivity contribution in [2.45, 2.75) is 104 Å². The molecule has 1 rings (SSSR count). The number of carbonyl (C=O) groups is 2. The molecule has 0 aromatic rings. The Balaban J connectivity index is 2.61. The van der Waals surface area contributed by atoms with E-state index in [1.807, 2.05) is 0 Å². The number of esters is 1. The molecule has 1 saturated carbocycles. The van der Waals surface area contributed by atoms with Crippen molar-refractivity contribution >= 4 is 11.9 Å². The van der Waals surface area contributed by atoms with Crippen molar-refractivity contribution in [1.29, 1.82) is 0 Å². The minimum Gasteiger partial charge on any atom is -0.481 e. The SMILES string of the molecule is CCCCCCCC(CCC(=O)O)OC(=O)C1CC(C)CCC1C(C)C. The zero-order chi connectivity index (χ0) is 19.5. The third-order valence-electron chi connectivity index (χ3n) is 5.92. The van der Waals surface area contributed by atoms with E-state index < -0.39 is 5.97 Å². The highest BCUT2D eigenvalue weighted by Crippen LogP contribution is 2.39. The summed E-state index contributed by atoms with van der Waals surface area (Å²) in [7, 11) is 0. The van der Waals surface area contributed by atoms with Crippen molar-refractivity contribution in [3.05, 3.63) is 0 Å². The molecule has 0 saturated heterocycles. The average molecular weight is 369 g/mol. The van der Waals surface area contributed by atoms with Gasteiger partial charge in [-0.1, -0.05) is 59.8 Å². The number of carbonyl (C=O) groups excluding carboxylic acids is 1. The lowest BCUT2D eigenvalue weighted by molar-refractivity contribution is -0.160. The number of rotatable bonds is 12. The molecular formula is C22H40O4. The molecule has 152 valence electrons. The summed E-state index contributed by atoms with van der Waals surface area (Å²) in [6.07, 6.45) is 10.0. The van der Waals surface area contributed by atoms with Crippen LogP contribution in [0.25, 0.3) is 0 Å². The van der Waals surface area contributed by atoms with Gasteiger partial charge in [0.2, 0.25) is 0 Å². The summed E-state index contributed by atoms with van der Waals surface area (Å²) >= 11 is 0. The Hall–Kier alpha value is -1.06. The van der Waals surface area contributed by atoms with E-state index in [0.717, 1.165) is 32.1 Å². The molecule has 4 atom stereocenters. The third-order valence-corrected chi connectivity index (χ3v) is 5.92. The molecule has 0 aromatic carbocycles.